The van der Waals surface area contributed by atoms with Crippen LogP contribution in [0.3, 0.4) is 0 Å². The van der Waals surface area contributed by atoms with Gasteiger partial charge in [0.15, 0.2) is 0 Å². The zero-order valence-corrected chi connectivity index (χ0v) is 50.4. The lowest BCUT2D eigenvalue weighted by molar-refractivity contribution is 0.781. The molecule has 0 radical (unpaired) electrons. The fourth-order valence-corrected chi connectivity index (χ4v) is 12.2. The highest BCUT2D eigenvalue weighted by Gasteiger charge is 2.22. The van der Waals surface area contributed by atoms with Gasteiger partial charge in [0.1, 0.15) is 0 Å². The lowest BCUT2D eigenvalue weighted by Crippen LogP contribution is -1.96. The summed E-state index contributed by atoms with van der Waals surface area (Å²) in [6.07, 6.45) is 36.4. The van der Waals surface area contributed by atoms with Crippen LogP contribution in [0.4, 0.5) is 0 Å². The average Bonchev–Trinajstić information content (AvgIpc) is 4.42. The molecule has 9 rings (SSSR count). The number of aromatic amines is 2. The topological polar surface area (TPSA) is 57.4 Å². The molecule has 2 aliphatic rings. The molecule has 3 aromatic heterocycles. The highest BCUT2D eigenvalue weighted by molar-refractivity contribution is 6.00. The third-order valence-electron chi connectivity index (χ3n) is 16.7. The molecule has 0 amide bonds. The molecule has 4 aromatic carbocycles. The SMILES string of the molecule is CCCCc1cc(CCCC)cc(-c2c3nc(c(-c4cc(CCCC)cc(CCCC)c4)c4ccc([nH]4)c(-c4cc(CCCC)cc(CCCC)c4)c4nc(c(-c5cc(CCCC)cc(CCCC)c5)c5ccc2[nH]5)C=C4)C=C3)c1. The number of hydrogen-bond donors (Lipinski definition) is 2. The third-order valence-corrected chi connectivity index (χ3v) is 16.7. The number of hydrogen-bond acceptors (Lipinski definition) is 2. The Morgan fingerprint density at radius 3 is 0.588 bits per heavy atom. The van der Waals surface area contributed by atoms with Crippen molar-refractivity contribution in [2.45, 2.75) is 209 Å². The van der Waals surface area contributed by atoms with Gasteiger partial charge in [0.05, 0.1) is 22.8 Å². The summed E-state index contributed by atoms with van der Waals surface area (Å²) >= 11 is 0. The summed E-state index contributed by atoms with van der Waals surface area (Å²) < 4.78 is 0. The highest BCUT2D eigenvalue weighted by atomic mass is 14.8. The molecule has 0 aliphatic carbocycles. The van der Waals surface area contributed by atoms with Crippen LogP contribution in [0.15, 0.2) is 97.1 Å². The molecular weight excluding hydrogens is 969 g/mol. The number of rotatable bonds is 28. The van der Waals surface area contributed by atoms with Gasteiger partial charge in [-0.25, -0.2) is 9.97 Å². The Morgan fingerprint density at radius 2 is 0.425 bits per heavy atom. The normalized spacial score (nSPS) is 12.1. The maximum Gasteiger partial charge on any atom is 0.0737 e. The van der Waals surface area contributed by atoms with Gasteiger partial charge in [-0.05, 0) is 218 Å². The smallest absolute Gasteiger partial charge is 0.0737 e. The van der Waals surface area contributed by atoms with Crippen molar-refractivity contribution >= 4 is 46.4 Å². The lowest BCUT2D eigenvalue weighted by Gasteiger charge is -2.13. The predicted molar refractivity (Wildman–Crippen MR) is 349 cm³/mol. The largest absolute Gasteiger partial charge is 0.354 e. The molecule has 2 aliphatic heterocycles. The van der Waals surface area contributed by atoms with Gasteiger partial charge >= 0.3 is 0 Å². The molecule has 8 bridgehead atoms. The first kappa shape index (κ1) is 58.1. The molecule has 2 N–H and O–H groups in total. The summed E-state index contributed by atoms with van der Waals surface area (Å²) in [5, 5.41) is 0. The first-order valence-corrected chi connectivity index (χ1v) is 32.0. The molecule has 4 heteroatoms. The summed E-state index contributed by atoms with van der Waals surface area (Å²) in [5.41, 5.74) is 29.0. The van der Waals surface area contributed by atoms with E-state index >= 15 is 0 Å². The van der Waals surface area contributed by atoms with Crippen LogP contribution >= 0.6 is 0 Å². The summed E-state index contributed by atoms with van der Waals surface area (Å²) in [5.74, 6) is 0. The molecular formula is C76H94N4. The zero-order valence-electron chi connectivity index (χ0n) is 50.4. The van der Waals surface area contributed by atoms with E-state index in [1.54, 1.807) is 0 Å². The molecule has 7 aromatic rings. The fourth-order valence-electron chi connectivity index (χ4n) is 12.2. The van der Waals surface area contributed by atoms with Gasteiger partial charge < -0.3 is 9.97 Å². The number of nitrogens with one attached hydrogen (secondary N) is 2. The van der Waals surface area contributed by atoms with Crippen molar-refractivity contribution < 1.29 is 0 Å². The molecule has 0 saturated carbocycles. The van der Waals surface area contributed by atoms with Crippen LogP contribution in [0, 0.1) is 0 Å². The number of H-pyrrole nitrogens is 2. The molecule has 0 saturated heterocycles. The fraction of sp³-hybridized carbons (Fsp3) is 0.421. The van der Waals surface area contributed by atoms with Crippen LogP contribution in [-0.4, -0.2) is 19.9 Å². The van der Waals surface area contributed by atoms with E-state index in [4.69, 9.17) is 9.97 Å². The van der Waals surface area contributed by atoms with Gasteiger partial charge in [0.2, 0.25) is 0 Å². The van der Waals surface area contributed by atoms with Gasteiger partial charge in [-0.3, -0.25) is 0 Å². The van der Waals surface area contributed by atoms with Crippen molar-refractivity contribution in [3.63, 3.8) is 0 Å². The standard InChI is InChI=1S/C76H94N4/c1-9-17-25-53-41-54(26-18-10-2)46-61(45-53)73-65-33-35-67(77-65)74(62-47-55(27-19-11-3)42-56(48-62)28-20-12-4)69-37-39-71(79-69)76(64-51-59(31-23-15-7)44-60(52-64)32-24-16-8)72-40-38-70(80-72)75(68-36-34-66(73)78-68)63-49-57(29-21-13-5)43-58(50-63)30-22-14-6/h33-52,77,80H,9-32H2,1-8H3. The van der Waals surface area contributed by atoms with Gasteiger partial charge in [0.25, 0.3) is 0 Å². The van der Waals surface area contributed by atoms with E-state index in [1.807, 2.05) is 0 Å². The Hall–Kier alpha value is -6.52. The van der Waals surface area contributed by atoms with Gasteiger partial charge in [-0.2, -0.15) is 0 Å². The van der Waals surface area contributed by atoms with E-state index in [2.05, 4.69) is 187 Å². The van der Waals surface area contributed by atoms with Gasteiger partial charge in [-0.15, -0.1) is 0 Å². The van der Waals surface area contributed by atoms with E-state index in [0.29, 0.717) is 0 Å². The van der Waals surface area contributed by atoms with E-state index < -0.39 is 0 Å². The van der Waals surface area contributed by atoms with Crippen molar-refractivity contribution in [2.24, 2.45) is 0 Å². The number of aryl methyl sites for hydroxylation is 8. The summed E-state index contributed by atoms with van der Waals surface area (Å²) in [6.45, 7) is 18.5. The van der Waals surface area contributed by atoms with E-state index in [-0.39, 0.29) is 0 Å². The molecule has 418 valence electrons. The Balaban J connectivity index is 1.46. The quantitative estimate of drug-likeness (QED) is 0.0514. The number of benzene rings is 4. The second kappa shape index (κ2) is 28.8. The Morgan fingerprint density at radius 1 is 0.250 bits per heavy atom. The zero-order chi connectivity index (χ0) is 55.8. The van der Waals surface area contributed by atoms with Crippen LogP contribution in [0.2, 0.25) is 0 Å². The molecule has 0 unspecified atom stereocenters. The number of fused-ring (bicyclic) bond motifs is 8. The van der Waals surface area contributed by atoms with Crippen molar-refractivity contribution in [3.05, 3.63) is 164 Å². The predicted octanol–water partition coefficient (Wildman–Crippen LogP) is 22.1. The Bertz CT molecular complexity index is 2890. The first-order valence-electron chi connectivity index (χ1n) is 32.0. The van der Waals surface area contributed by atoms with Crippen LogP contribution in [0.25, 0.3) is 90.9 Å². The van der Waals surface area contributed by atoms with Crippen molar-refractivity contribution in [1.82, 2.24) is 19.9 Å². The van der Waals surface area contributed by atoms with Crippen LogP contribution in [-0.2, 0) is 51.4 Å². The summed E-state index contributed by atoms with van der Waals surface area (Å²) in [4.78, 5) is 20.1. The first-order chi connectivity index (χ1) is 39.3. The second-order valence-corrected chi connectivity index (χ2v) is 23.5. The number of nitrogens with zero attached hydrogens (tertiary/aromatic N) is 2. The minimum absolute atomic E-state index is 0.988. The maximum absolute atomic E-state index is 5.88. The summed E-state index contributed by atoms with van der Waals surface area (Å²) in [7, 11) is 0. The van der Waals surface area contributed by atoms with Crippen LogP contribution in [0.1, 0.15) is 225 Å². The molecule has 0 atom stereocenters. The Kier molecular flexibility index (Phi) is 20.9. The second-order valence-electron chi connectivity index (χ2n) is 23.5. The molecule has 0 spiro atoms. The molecule has 80 heavy (non-hydrogen) atoms. The minimum Gasteiger partial charge on any atom is -0.354 e. The summed E-state index contributed by atoms with van der Waals surface area (Å²) in [6, 6.07) is 39.1. The molecule has 4 nitrogen and oxygen atoms in total. The highest BCUT2D eigenvalue weighted by Crippen LogP contribution is 2.41. The lowest BCUT2D eigenvalue weighted by atomic mass is 9.94. The number of aromatic nitrogens is 4. The maximum atomic E-state index is 5.88. The molecule has 5 heterocycles. The van der Waals surface area contributed by atoms with Crippen molar-refractivity contribution in [3.8, 4) is 44.5 Å². The van der Waals surface area contributed by atoms with E-state index in [0.717, 1.165) is 170 Å². The molecule has 0 fully saturated rings. The Labute approximate surface area is 482 Å². The van der Waals surface area contributed by atoms with E-state index in [1.165, 1.54) is 118 Å². The van der Waals surface area contributed by atoms with Crippen molar-refractivity contribution in [1.29, 1.82) is 0 Å². The van der Waals surface area contributed by atoms with Gasteiger partial charge in [0, 0.05) is 44.3 Å². The van der Waals surface area contributed by atoms with Gasteiger partial charge in [-0.1, -0.05) is 180 Å². The van der Waals surface area contributed by atoms with Crippen molar-refractivity contribution in [2.75, 3.05) is 0 Å². The number of unbranched alkanes of at least 4 members (excludes halogenated alkanes) is 8. The minimum atomic E-state index is 0.988. The average molecular weight is 1060 g/mol. The van der Waals surface area contributed by atoms with Crippen LogP contribution in [0.5, 0.6) is 0 Å². The van der Waals surface area contributed by atoms with Crippen LogP contribution < -0.4 is 0 Å². The monoisotopic (exact) mass is 1060 g/mol. The van der Waals surface area contributed by atoms with E-state index in [9.17, 15) is 0 Å². The third kappa shape index (κ3) is 14.3.